The third-order valence-electron chi connectivity index (χ3n) is 1.40. The zero-order valence-electron chi connectivity index (χ0n) is 7.75. The highest BCUT2D eigenvalue weighted by atomic mass is 32.1. The molecule has 1 aromatic heterocycles. The van der Waals surface area contributed by atoms with Gasteiger partial charge in [-0.05, 0) is 18.5 Å². The third-order valence-corrected chi connectivity index (χ3v) is 1.90. The molecule has 0 amide bonds. The molecule has 0 atom stereocenters. The van der Waals surface area contributed by atoms with Gasteiger partial charge in [0.25, 0.3) is 0 Å². The lowest BCUT2D eigenvalue weighted by molar-refractivity contribution is -0.138. The van der Waals surface area contributed by atoms with Gasteiger partial charge in [0.05, 0.1) is 6.61 Å². The molecule has 0 radical (unpaired) electrons. The average molecular weight is 227 g/mol. The summed E-state index contributed by atoms with van der Waals surface area (Å²) in [4.78, 5) is 13.8. The summed E-state index contributed by atoms with van der Waals surface area (Å²) in [5.41, 5.74) is -0.537. The van der Waals surface area contributed by atoms with Gasteiger partial charge in [0, 0.05) is 5.38 Å². The minimum absolute atomic E-state index is 0.0563. The van der Waals surface area contributed by atoms with Gasteiger partial charge in [0.2, 0.25) is 11.2 Å². The van der Waals surface area contributed by atoms with Crippen molar-refractivity contribution < 1.29 is 14.6 Å². The van der Waals surface area contributed by atoms with E-state index in [4.69, 9.17) is 5.39 Å². The van der Waals surface area contributed by atoms with E-state index < -0.39 is 17.4 Å². The second-order valence-corrected chi connectivity index (χ2v) is 2.92. The lowest BCUT2D eigenvalue weighted by Crippen LogP contribution is -2.07. The fourth-order valence-electron chi connectivity index (χ4n) is 0.773. The van der Waals surface area contributed by atoms with E-state index in [0.29, 0.717) is 0 Å². The van der Waals surface area contributed by atoms with Crippen molar-refractivity contribution in [2.75, 3.05) is 6.61 Å². The molecular weight excluding hydrogens is 220 g/mol. The van der Waals surface area contributed by atoms with E-state index in [2.05, 4.69) is 19.3 Å². The number of aliphatic hydroxyl groups is 1. The molecule has 1 rings (SSSR count). The maximum Gasteiger partial charge on any atom is 0.511 e. The number of hydrogen-bond donors (Lipinski definition) is 1. The summed E-state index contributed by atoms with van der Waals surface area (Å²) in [6.45, 7) is 1.70. The van der Waals surface area contributed by atoms with Crippen LogP contribution in [0.25, 0.3) is 10.7 Å². The number of diazo groups is 1. The van der Waals surface area contributed by atoms with Gasteiger partial charge in [-0.15, -0.1) is 5.10 Å². The lowest BCUT2D eigenvalue weighted by Gasteiger charge is -1.93. The summed E-state index contributed by atoms with van der Waals surface area (Å²) in [7, 11) is 0. The minimum Gasteiger partial charge on any atom is -0.499 e. The molecule has 8 heteroatoms. The molecule has 15 heavy (non-hydrogen) atoms. The van der Waals surface area contributed by atoms with Crippen LogP contribution in [0.3, 0.4) is 0 Å². The Hall–Kier alpha value is -2.01. The highest BCUT2D eigenvalue weighted by Gasteiger charge is 2.32. The summed E-state index contributed by atoms with van der Waals surface area (Å²) in [5.74, 6) is -1.49. The van der Waals surface area contributed by atoms with E-state index in [1.807, 2.05) is 0 Å². The summed E-state index contributed by atoms with van der Waals surface area (Å²) < 4.78 is 8.05. The van der Waals surface area contributed by atoms with E-state index >= 15 is 0 Å². The number of carbonyl (C=O) groups is 1. The van der Waals surface area contributed by atoms with Crippen LogP contribution >= 0.6 is 11.5 Å². The van der Waals surface area contributed by atoms with Gasteiger partial charge in [-0.1, -0.05) is 4.49 Å². The number of carbonyl (C=O) groups excluding carboxylic acids is 1. The number of aromatic nitrogens is 2. The van der Waals surface area contributed by atoms with Gasteiger partial charge in [0.1, 0.15) is 5.69 Å². The molecule has 0 aliphatic heterocycles. The number of esters is 1. The number of rotatable bonds is 3. The van der Waals surface area contributed by atoms with Crippen molar-refractivity contribution >= 4 is 23.3 Å². The zero-order valence-corrected chi connectivity index (χ0v) is 8.56. The first-order valence-corrected chi connectivity index (χ1v) is 4.77. The smallest absolute Gasteiger partial charge is 0.499 e. The van der Waals surface area contributed by atoms with E-state index in [9.17, 15) is 9.90 Å². The van der Waals surface area contributed by atoms with E-state index in [0.717, 1.165) is 11.5 Å². The summed E-state index contributed by atoms with van der Waals surface area (Å²) in [5, 5.41) is 23.0. The predicted octanol–water partition coefficient (Wildman–Crippen LogP) is 1.18. The number of hydrogen-bond acceptors (Lipinski definition) is 7. The molecule has 0 saturated heterocycles. The van der Waals surface area contributed by atoms with Gasteiger partial charge in [-0.3, -0.25) is 0 Å². The summed E-state index contributed by atoms with van der Waals surface area (Å²) in [6.07, 6.45) is 0. The Morgan fingerprint density at radius 1 is 1.80 bits per heavy atom. The molecule has 0 bridgehead atoms. The molecule has 1 N–H and O–H groups in total. The lowest BCUT2D eigenvalue weighted by atomic mass is 10.3. The van der Waals surface area contributed by atoms with Crippen LogP contribution in [-0.2, 0) is 9.53 Å². The van der Waals surface area contributed by atoms with E-state index in [-0.39, 0.29) is 12.3 Å². The van der Waals surface area contributed by atoms with Gasteiger partial charge < -0.3 is 9.84 Å². The summed E-state index contributed by atoms with van der Waals surface area (Å²) in [6, 6.07) is 0. The molecule has 7 nitrogen and oxygen atoms in total. The van der Waals surface area contributed by atoms with Crippen molar-refractivity contribution in [2.45, 2.75) is 6.92 Å². The second kappa shape index (κ2) is 5.02. The maximum absolute atomic E-state index is 11.2. The minimum atomic E-state index is -0.925. The Kier molecular flexibility index (Phi) is 3.70. The second-order valence-electron chi connectivity index (χ2n) is 2.31. The Morgan fingerprint density at radius 2 is 2.53 bits per heavy atom. The maximum atomic E-state index is 11.2. The van der Waals surface area contributed by atoms with Crippen molar-refractivity contribution in [1.29, 1.82) is 5.39 Å². The number of ether oxygens (including phenoxy) is 1. The molecule has 0 aliphatic carbocycles. The van der Waals surface area contributed by atoms with Crippen molar-refractivity contribution in [2.24, 2.45) is 0 Å². The fourth-order valence-corrected chi connectivity index (χ4v) is 1.21. The van der Waals surface area contributed by atoms with Crippen LogP contribution in [0.2, 0.25) is 0 Å². The molecule has 0 aromatic carbocycles. The van der Waals surface area contributed by atoms with Crippen LogP contribution in [0.4, 0.5) is 0 Å². The molecule has 0 unspecified atom stereocenters. The third kappa shape index (κ3) is 2.47. The van der Waals surface area contributed by atoms with Crippen LogP contribution in [0.15, 0.2) is 11.1 Å². The average Bonchev–Trinajstić information content (AvgIpc) is 2.71. The standard InChI is InChI=1S/C7H6N4O3S/c1-2-14-7(13)5(9-8)6(12)4-3-15-11-10-4/h3H,2H2,1H3/p+1. The molecule has 78 valence electrons. The Bertz CT molecular complexity index is 420. The molecule has 0 aliphatic rings. The quantitative estimate of drug-likeness (QED) is 0.360. The first-order valence-electron chi connectivity index (χ1n) is 3.93. The highest BCUT2D eigenvalue weighted by Crippen LogP contribution is 2.16. The largest absolute Gasteiger partial charge is 0.511 e. The molecule has 1 aromatic rings. The normalized spacial score (nSPS) is 11.5. The van der Waals surface area contributed by atoms with Crippen LogP contribution in [-0.4, -0.2) is 27.3 Å². The van der Waals surface area contributed by atoms with Crippen molar-refractivity contribution in [3.63, 3.8) is 0 Å². The Labute approximate surface area is 88.8 Å². The summed E-state index contributed by atoms with van der Waals surface area (Å²) >= 11 is 0.990. The SMILES string of the molecule is CCOC(=O)/C([N+]#N)=C(\O)c1csnn1. The van der Waals surface area contributed by atoms with Crippen molar-refractivity contribution in [1.82, 2.24) is 9.59 Å². The van der Waals surface area contributed by atoms with E-state index in [1.54, 1.807) is 6.92 Å². The molecule has 1 heterocycles. The zero-order chi connectivity index (χ0) is 11.3. The van der Waals surface area contributed by atoms with Gasteiger partial charge in [-0.2, -0.15) is 0 Å². The monoisotopic (exact) mass is 227 g/mol. The topological polar surface area (TPSA) is 100 Å². The van der Waals surface area contributed by atoms with E-state index in [1.165, 1.54) is 5.38 Å². The van der Waals surface area contributed by atoms with Crippen LogP contribution < -0.4 is 0 Å². The van der Waals surface area contributed by atoms with Crippen LogP contribution in [0.5, 0.6) is 0 Å². The fraction of sp³-hybridized carbons (Fsp3) is 0.286. The Morgan fingerprint density at radius 3 is 3.00 bits per heavy atom. The molecule has 0 saturated carbocycles. The van der Waals surface area contributed by atoms with Crippen LogP contribution in [0.1, 0.15) is 12.6 Å². The van der Waals surface area contributed by atoms with Crippen molar-refractivity contribution in [3.8, 4) is 0 Å². The van der Waals surface area contributed by atoms with Crippen molar-refractivity contribution in [3.05, 3.63) is 21.7 Å². The Balaban J connectivity index is 3.05. The molecule has 0 spiro atoms. The van der Waals surface area contributed by atoms with Gasteiger partial charge in [-0.25, -0.2) is 4.79 Å². The highest BCUT2D eigenvalue weighted by molar-refractivity contribution is 7.03. The van der Waals surface area contributed by atoms with Gasteiger partial charge >= 0.3 is 11.7 Å². The first kappa shape index (κ1) is 11.1. The number of nitrogens with zero attached hydrogens (tertiary/aromatic N) is 4. The first-order chi connectivity index (χ1) is 7.20. The van der Waals surface area contributed by atoms with Gasteiger partial charge in [0.15, 0.2) is 4.98 Å². The predicted molar refractivity (Wildman–Crippen MR) is 51.2 cm³/mol. The molecule has 0 fully saturated rings. The molecular formula is C7H7N4O3S+. The number of aliphatic hydroxyl groups excluding tert-OH is 1. The van der Waals surface area contributed by atoms with Crippen LogP contribution in [0, 0.1) is 5.39 Å².